The highest BCUT2D eigenvalue weighted by atomic mass is 32.2. The van der Waals surface area contributed by atoms with E-state index in [-0.39, 0.29) is 5.91 Å². The van der Waals surface area contributed by atoms with E-state index in [2.05, 4.69) is 11.4 Å². The number of ether oxygens (including phenoxy) is 1. The molecule has 0 radical (unpaired) electrons. The van der Waals surface area contributed by atoms with E-state index in [4.69, 9.17) is 4.74 Å². The molecule has 1 aromatic rings. The predicted molar refractivity (Wildman–Crippen MR) is 101 cm³/mol. The highest BCUT2D eigenvalue weighted by Gasteiger charge is 2.19. The Morgan fingerprint density at radius 2 is 2.04 bits per heavy atom. The van der Waals surface area contributed by atoms with Crippen molar-refractivity contribution in [2.45, 2.75) is 69.6 Å². The van der Waals surface area contributed by atoms with Gasteiger partial charge in [0.1, 0.15) is 5.75 Å². The maximum Gasteiger partial charge on any atom is 0.260 e. The molecule has 1 N–H and O–H groups in total. The highest BCUT2D eigenvalue weighted by Crippen LogP contribution is 2.30. The second-order valence-corrected chi connectivity index (χ2v) is 8.34. The molecule has 4 heteroatoms. The monoisotopic (exact) mass is 347 g/mol. The van der Waals surface area contributed by atoms with Crippen molar-refractivity contribution in [3.63, 3.8) is 0 Å². The number of benzene rings is 1. The lowest BCUT2D eigenvalue weighted by atomic mass is 9.91. The van der Waals surface area contributed by atoms with Crippen LogP contribution in [0, 0.1) is 0 Å². The summed E-state index contributed by atoms with van der Waals surface area (Å²) in [5.41, 5.74) is 2.69. The largest absolute Gasteiger partial charge is 0.481 e. The van der Waals surface area contributed by atoms with Crippen LogP contribution in [-0.2, 0) is 17.6 Å². The molecule has 1 amide bonds. The molecule has 0 spiro atoms. The first-order chi connectivity index (χ1) is 11.7. The smallest absolute Gasteiger partial charge is 0.260 e. The summed E-state index contributed by atoms with van der Waals surface area (Å²) in [6.07, 6.45) is 9.66. The van der Waals surface area contributed by atoms with Crippen LogP contribution in [0.25, 0.3) is 0 Å². The zero-order valence-electron chi connectivity index (χ0n) is 14.7. The van der Waals surface area contributed by atoms with E-state index < -0.39 is 6.10 Å². The Kier molecular flexibility index (Phi) is 6.47. The van der Waals surface area contributed by atoms with Gasteiger partial charge in [0.15, 0.2) is 6.10 Å². The lowest BCUT2D eigenvalue weighted by molar-refractivity contribution is -0.127. The third-order valence-electron chi connectivity index (χ3n) is 5.08. The topological polar surface area (TPSA) is 38.3 Å². The molecule has 3 rings (SSSR count). The lowest BCUT2D eigenvalue weighted by Gasteiger charge is -2.22. The molecule has 1 atom stereocenters. The maximum atomic E-state index is 12.3. The number of carbonyl (C=O) groups is 1. The van der Waals surface area contributed by atoms with Gasteiger partial charge >= 0.3 is 0 Å². The molecule has 3 nitrogen and oxygen atoms in total. The number of amides is 1. The van der Waals surface area contributed by atoms with Gasteiger partial charge in [-0.2, -0.15) is 11.8 Å². The fraction of sp³-hybridized carbons (Fsp3) is 0.650. The molecule has 1 fully saturated rings. The Morgan fingerprint density at radius 1 is 1.25 bits per heavy atom. The maximum absolute atomic E-state index is 12.3. The van der Waals surface area contributed by atoms with Gasteiger partial charge in [0.2, 0.25) is 0 Å². The van der Waals surface area contributed by atoms with Crippen LogP contribution < -0.4 is 10.1 Å². The summed E-state index contributed by atoms with van der Waals surface area (Å²) in [4.78, 5) is 12.3. The van der Waals surface area contributed by atoms with Crippen LogP contribution in [0.3, 0.4) is 0 Å². The van der Waals surface area contributed by atoms with E-state index in [9.17, 15) is 4.79 Å². The molecule has 1 aromatic carbocycles. The molecule has 0 heterocycles. The van der Waals surface area contributed by atoms with Gasteiger partial charge in [-0.15, -0.1) is 0 Å². The summed E-state index contributed by atoms with van der Waals surface area (Å²) in [7, 11) is 0. The van der Waals surface area contributed by atoms with Gasteiger partial charge in [0.25, 0.3) is 5.91 Å². The third kappa shape index (κ3) is 4.69. The van der Waals surface area contributed by atoms with Crippen molar-refractivity contribution < 1.29 is 9.53 Å². The van der Waals surface area contributed by atoms with Crippen molar-refractivity contribution in [2.75, 3.05) is 12.3 Å². The molecule has 0 aromatic heterocycles. The minimum absolute atomic E-state index is 0.00423. The zero-order chi connectivity index (χ0) is 16.8. The number of rotatable bonds is 7. The summed E-state index contributed by atoms with van der Waals surface area (Å²) in [6, 6.07) is 6.23. The van der Waals surface area contributed by atoms with E-state index in [1.165, 1.54) is 49.7 Å². The van der Waals surface area contributed by atoms with Gasteiger partial charge in [-0.1, -0.05) is 25.0 Å². The summed E-state index contributed by atoms with van der Waals surface area (Å²) in [6.45, 7) is 2.59. The molecule has 0 aliphatic heterocycles. The first kappa shape index (κ1) is 17.7. The van der Waals surface area contributed by atoms with Gasteiger partial charge in [-0.25, -0.2) is 0 Å². The minimum atomic E-state index is -0.435. The standard InChI is InChI=1S/C20H29NO2S/c1-15(20(22)21-13-14-24-17-9-3-4-10-17)23-19-12-6-8-16-7-2-5-11-18(16)19/h6,8,12,15,17H,2-5,7,9-11,13-14H2,1H3,(H,21,22)/t15-/m1/s1. The molecule has 1 saturated carbocycles. The van der Waals surface area contributed by atoms with Crippen molar-refractivity contribution in [3.8, 4) is 5.75 Å². The summed E-state index contributed by atoms with van der Waals surface area (Å²) in [5.74, 6) is 1.90. The van der Waals surface area contributed by atoms with Gasteiger partial charge < -0.3 is 10.1 Å². The first-order valence-electron chi connectivity index (χ1n) is 9.41. The fourth-order valence-electron chi connectivity index (χ4n) is 3.70. The molecule has 0 saturated heterocycles. The number of hydrogen-bond donors (Lipinski definition) is 1. The van der Waals surface area contributed by atoms with Crippen molar-refractivity contribution >= 4 is 17.7 Å². The number of nitrogens with one attached hydrogen (secondary N) is 1. The average Bonchev–Trinajstić information content (AvgIpc) is 3.12. The SMILES string of the molecule is C[C@@H](Oc1cccc2c1CCCC2)C(=O)NCCSC1CCCC1. The number of thioether (sulfide) groups is 1. The van der Waals surface area contributed by atoms with E-state index in [1.54, 1.807) is 0 Å². The number of carbonyl (C=O) groups excluding carboxylic acids is 1. The van der Waals surface area contributed by atoms with E-state index in [1.807, 2.05) is 30.8 Å². The van der Waals surface area contributed by atoms with E-state index in [0.717, 1.165) is 36.1 Å². The predicted octanol–water partition coefficient (Wildman–Crippen LogP) is 4.12. The Hall–Kier alpha value is -1.16. The van der Waals surface area contributed by atoms with Crippen LogP contribution >= 0.6 is 11.8 Å². The highest BCUT2D eigenvalue weighted by molar-refractivity contribution is 7.99. The van der Waals surface area contributed by atoms with Crippen molar-refractivity contribution in [1.29, 1.82) is 0 Å². The molecule has 2 aliphatic carbocycles. The number of hydrogen-bond acceptors (Lipinski definition) is 3. The average molecular weight is 348 g/mol. The van der Waals surface area contributed by atoms with Gasteiger partial charge in [0.05, 0.1) is 0 Å². The Balaban J connectivity index is 1.44. The van der Waals surface area contributed by atoms with Gasteiger partial charge in [-0.3, -0.25) is 4.79 Å². The minimum Gasteiger partial charge on any atom is -0.481 e. The second kappa shape index (κ2) is 8.80. The van der Waals surface area contributed by atoms with Crippen molar-refractivity contribution in [3.05, 3.63) is 29.3 Å². The van der Waals surface area contributed by atoms with Crippen LogP contribution in [0.2, 0.25) is 0 Å². The number of aryl methyl sites for hydroxylation is 1. The molecule has 132 valence electrons. The van der Waals surface area contributed by atoms with Crippen molar-refractivity contribution in [1.82, 2.24) is 5.32 Å². The molecular formula is C20H29NO2S. The van der Waals surface area contributed by atoms with E-state index in [0.29, 0.717) is 0 Å². The Bertz CT molecular complexity index is 555. The quantitative estimate of drug-likeness (QED) is 0.754. The summed E-state index contributed by atoms with van der Waals surface area (Å²) in [5, 5.41) is 3.83. The molecule has 24 heavy (non-hydrogen) atoms. The van der Waals surface area contributed by atoms with Gasteiger partial charge in [-0.05, 0) is 62.6 Å². The van der Waals surface area contributed by atoms with Crippen molar-refractivity contribution in [2.24, 2.45) is 0 Å². The Labute approximate surface area is 149 Å². The molecule has 0 bridgehead atoms. The van der Waals surface area contributed by atoms with Crippen LogP contribution in [-0.4, -0.2) is 29.6 Å². The van der Waals surface area contributed by atoms with Gasteiger partial charge in [0, 0.05) is 17.5 Å². The van der Waals surface area contributed by atoms with Crippen LogP contribution in [0.4, 0.5) is 0 Å². The molecule has 0 unspecified atom stereocenters. The summed E-state index contributed by atoms with van der Waals surface area (Å²) < 4.78 is 5.99. The fourth-order valence-corrected chi connectivity index (χ4v) is 4.92. The molecular weight excluding hydrogens is 318 g/mol. The Morgan fingerprint density at radius 3 is 2.88 bits per heavy atom. The van der Waals surface area contributed by atoms with Crippen LogP contribution in [0.1, 0.15) is 56.6 Å². The van der Waals surface area contributed by atoms with Crippen LogP contribution in [0.15, 0.2) is 18.2 Å². The lowest BCUT2D eigenvalue weighted by Crippen LogP contribution is -2.37. The van der Waals surface area contributed by atoms with Crippen LogP contribution in [0.5, 0.6) is 5.75 Å². The normalized spacial score (nSPS) is 18.9. The second-order valence-electron chi connectivity index (χ2n) is 6.93. The zero-order valence-corrected chi connectivity index (χ0v) is 15.5. The summed E-state index contributed by atoms with van der Waals surface area (Å²) >= 11 is 2.00. The molecule has 2 aliphatic rings. The van der Waals surface area contributed by atoms with E-state index >= 15 is 0 Å². The third-order valence-corrected chi connectivity index (χ3v) is 6.47. The number of fused-ring (bicyclic) bond motifs is 1. The first-order valence-corrected chi connectivity index (χ1v) is 10.5.